The summed E-state index contributed by atoms with van der Waals surface area (Å²) >= 11 is 0. The summed E-state index contributed by atoms with van der Waals surface area (Å²) in [4.78, 5) is 25.0. The van der Waals surface area contributed by atoms with Gasteiger partial charge >= 0.3 is 12.0 Å². The number of piperidine rings is 1. The summed E-state index contributed by atoms with van der Waals surface area (Å²) in [5, 5.41) is 11.9. The van der Waals surface area contributed by atoms with Crippen LogP contribution in [0.5, 0.6) is 0 Å². The van der Waals surface area contributed by atoms with E-state index in [2.05, 4.69) is 5.32 Å². The van der Waals surface area contributed by atoms with Crippen LogP contribution in [0.15, 0.2) is 0 Å². The lowest BCUT2D eigenvalue weighted by Gasteiger charge is -2.33. The van der Waals surface area contributed by atoms with Crippen LogP contribution in [0.3, 0.4) is 0 Å². The van der Waals surface area contributed by atoms with Gasteiger partial charge in [-0.25, -0.2) is 9.59 Å². The molecule has 1 fully saturated rings. The average Bonchev–Trinajstić information content (AvgIpc) is 2.36. The highest BCUT2D eigenvalue weighted by Crippen LogP contribution is 2.17. The van der Waals surface area contributed by atoms with Gasteiger partial charge in [0.25, 0.3) is 0 Å². The molecule has 2 amide bonds. The maximum absolute atomic E-state index is 12.0. The topological polar surface area (TPSA) is 69.6 Å². The molecular formula is C12H22N2O3. The standard InChI is InChI=1S/C12H22N2O3/c1-3-12(4-2,10(15)16)13-11(17)14-8-6-5-7-9-14/h3-9H2,1-2H3,(H,13,17)(H,15,16). The van der Waals surface area contributed by atoms with Crippen molar-refractivity contribution in [1.29, 1.82) is 0 Å². The van der Waals surface area contributed by atoms with E-state index in [1.54, 1.807) is 18.7 Å². The number of carboxylic acids is 1. The number of urea groups is 1. The minimum absolute atomic E-state index is 0.240. The first kappa shape index (κ1) is 13.8. The minimum atomic E-state index is -1.12. The first-order chi connectivity index (χ1) is 8.05. The molecule has 98 valence electrons. The third kappa shape index (κ3) is 3.11. The van der Waals surface area contributed by atoms with Crippen molar-refractivity contribution in [3.8, 4) is 0 Å². The monoisotopic (exact) mass is 242 g/mol. The van der Waals surface area contributed by atoms with E-state index in [0.717, 1.165) is 32.4 Å². The van der Waals surface area contributed by atoms with Gasteiger partial charge in [-0.1, -0.05) is 13.8 Å². The fraction of sp³-hybridized carbons (Fsp3) is 0.833. The molecule has 1 aliphatic rings. The normalized spacial score (nSPS) is 16.7. The molecule has 0 unspecified atom stereocenters. The van der Waals surface area contributed by atoms with Gasteiger partial charge in [-0.05, 0) is 32.1 Å². The fourth-order valence-electron chi connectivity index (χ4n) is 2.16. The number of aliphatic carboxylic acids is 1. The van der Waals surface area contributed by atoms with Gasteiger partial charge in [-0.3, -0.25) is 0 Å². The molecule has 0 atom stereocenters. The maximum atomic E-state index is 12.0. The molecule has 0 aliphatic carbocycles. The minimum Gasteiger partial charge on any atom is -0.480 e. The summed E-state index contributed by atoms with van der Waals surface area (Å²) in [6.45, 7) is 5.03. The van der Waals surface area contributed by atoms with E-state index in [9.17, 15) is 14.7 Å². The highest BCUT2D eigenvalue weighted by atomic mass is 16.4. The molecule has 1 aliphatic heterocycles. The van der Waals surface area contributed by atoms with Crippen LogP contribution in [0.4, 0.5) is 4.79 Å². The molecule has 2 N–H and O–H groups in total. The SMILES string of the molecule is CCC(CC)(NC(=O)N1CCCCC1)C(=O)O. The Labute approximate surface area is 102 Å². The molecule has 0 saturated carbocycles. The van der Waals surface area contributed by atoms with Crippen LogP contribution < -0.4 is 5.32 Å². The Balaban J connectivity index is 2.66. The molecular weight excluding hydrogens is 220 g/mol. The van der Waals surface area contributed by atoms with E-state index < -0.39 is 11.5 Å². The number of hydrogen-bond acceptors (Lipinski definition) is 2. The van der Waals surface area contributed by atoms with Crippen molar-refractivity contribution in [3.63, 3.8) is 0 Å². The Bertz CT molecular complexity index is 281. The third-order valence-electron chi connectivity index (χ3n) is 3.61. The largest absolute Gasteiger partial charge is 0.480 e. The van der Waals surface area contributed by atoms with Gasteiger partial charge in [-0.15, -0.1) is 0 Å². The zero-order valence-electron chi connectivity index (χ0n) is 10.7. The second kappa shape index (κ2) is 5.89. The van der Waals surface area contributed by atoms with Crippen LogP contribution in [-0.4, -0.2) is 40.6 Å². The molecule has 1 saturated heterocycles. The number of carbonyl (C=O) groups is 2. The van der Waals surface area contributed by atoms with Crippen molar-refractivity contribution in [1.82, 2.24) is 10.2 Å². The second-order valence-electron chi connectivity index (χ2n) is 4.57. The van der Waals surface area contributed by atoms with E-state index >= 15 is 0 Å². The number of rotatable bonds is 4. The number of nitrogens with zero attached hydrogens (tertiary/aromatic N) is 1. The Kier molecular flexibility index (Phi) is 4.78. The lowest BCUT2D eigenvalue weighted by Crippen LogP contribution is -2.57. The third-order valence-corrected chi connectivity index (χ3v) is 3.61. The average molecular weight is 242 g/mol. The van der Waals surface area contributed by atoms with E-state index in [-0.39, 0.29) is 6.03 Å². The summed E-state index contributed by atoms with van der Waals surface area (Å²) in [7, 11) is 0. The highest BCUT2D eigenvalue weighted by molar-refractivity contribution is 5.86. The number of carbonyl (C=O) groups excluding carboxylic acids is 1. The maximum Gasteiger partial charge on any atom is 0.329 e. The van der Waals surface area contributed by atoms with Crippen molar-refractivity contribution < 1.29 is 14.7 Å². The van der Waals surface area contributed by atoms with Crippen molar-refractivity contribution >= 4 is 12.0 Å². The molecule has 0 spiro atoms. The summed E-state index contributed by atoms with van der Waals surface area (Å²) in [5.41, 5.74) is -1.12. The summed E-state index contributed by atoms with van der Waals surface area (Å²) < 4.78 is 0. The molecule has 5 nitrogen and oxygen atoms in total. The predicted molar refractivity (Wildman–Crippen MR) is 64.9 cm³/mol. The van der Waals surface area contributed by atoms with Crippen LogP contribution in [0.2, 0.25) is 0 Å². The number of hydrogen-bond donors (Lipinski definition) is 2. The van der Waals surface area contributed by atoms with Crippen LogP contribution in [0, 0.1) is 0 Å². The zero-order valence-corrected chi connectivity index (χ0v) is 10.7. The van der Waals surface area contributed by atoms with E-state index in [1.165, 1.54) is 0 Å². The van der Waals surface area contributed by atoms with Crippen LogP contribution in [-0.2, 0) is 4.79 Å². The molecule has 5 heteroatoms. The summed E-state index contributed by atoms with van der Waals surface area (Å²) in [6.07, 6.45) is 3.96. The predicted octanol–water partition coefficient (Wildman–Crippen LogP) is 1.83. The number of carboxylic acid groups (broad SMARTS) is 1. The lowest BCUT2D eigenvalue weighted by atomic mass is 9.93. The van der Waals surface area contributed by atoms with Crippen molar-refractivity contribution in [2.24, 2.45) is 0 Å². The number of likely N-dealkylation sites (tertiary alicyclic amines) is 1. The summed E-state index contributed by atoms with van der Waals surface area (Å²) in [6, 6.07) is -0.240. The molecule has 0 aromatic carbocycles. The van der Waals surface area contributed by atoms with Crippen LogP contribution in [0.25, 0.3) is 0 Å². The lowest BCUT2D eigenvalue weighted by molar-refractivity contribution is -0.144. The van der Waals surface area contributed by atoms with E-state index in [0.29, 0.717) is 12.8 Å². The van der Waals surface area contributed by atoms with E-state index in [1.807, 2.05) is 0 Å². The molecule has 0 radical (unpaired) electrons. The van der Waals surface area contributed by atoms with Crippen LogP contribution in [0.1, 0.15) is 46.0 Å². The van der Waals surface area contributed by atoms with Gasteiger partial charge in [0.1, 0.15) is 5.54 Å². The van der Waals surface area contributed by atoms with Crippen molar-refractivity contribution in [2.45, 2.75) is 51.5 Å². The first-order valence-electron chi connectivity index (χ1n) is 6.36. The second-order valence-corrected chi connectivity index (χ2v) is 4.57. The van der Waals surface area contributed by atoms with Gasteiger partial charge in [0, 0.05) is 13.1 Å². The van der Waals surface area contributed by atoms with Gasteiger partial charge < -0.3 is 15.3 Å². The van der Waals surface area contributed by atoms with Gasteiger partial charge in [0.2, 0.25) is 0 Å². The van der Waals surface area contributed by atoms with Crippen molar-refractivity contribution in [2.75, 3.05) is 13.1 Å². The summed E-state index contributed by atoms with van der Waals surface area (Å²) in [5.74, 6) is -0.951. The molecule has 1 heterocycles. The van der Waals surface area contributed by atoms with Crippen molar-refractivity contribution in [3.05, 3.63) is 0 Å². The number of amides is 2. The Hall–Kier alpha value is -1.26. The highest BCUT2D eigenvalue weighted by Gasteiger charge is 2.37. The number of nitrogens with one attached hydrogen (secondary N) is 1. The fourth-order valence-corrected chi connectivity index (χ4v) is 2.16. The quantitative estimate of drug-likeness (QED) is 0.790. The molecule has 17 heavy (non-hydrogen) atoms. The van der Waals surface area contributed by atoms with Crippen LogP contribution >= 0.6 is 0 Å². The Morgan fingerprint density at radius 3 is 2.12 bits per heavy atom. The first-order valence-corrected chi connectivity index (χ1v) is 6.36. The molecule has 0 aromatic heterocycles. The van der Waals surface area contributed by atoms with Gasteiger partial charge in [0.05, 0.1) is 0 Å². The molecule has 0 aromatic rings. The van der Waals surface area contributed by atoms with Gasteiger partial charge in [-0.2, -0.15) is 0 Å². The zero-order chi connectivity index (χ0) is 12.9. The molecule has 1 rings (SSSR count). The Morgan fingerprint density at radius 2 is 1.71 bits per heavy atom. The van der Waals surface area contributed by atoms with E-state index in [4.69, 9.17) is 0 Å². The molecule has 0 bridgehead atoms. The smallest absolute Gasteiger partial charge is 0.329 e. The van der Waals surface area contributed by atoms with Gasteiger partial charge in [0.15, 0.2) is 0 Å². The Morgan fingerprint density at radius 1 is 1.18 bits per heavy atom.